The molecule has 0 amide bonds. The minimum absolute atomic E-state index is 0. The van der Waals surface area contributed by atoms with E-state index in [4.69, 9.17) is 0 Å². The SMILES string of the molecule is O=P([O-])([O-])c1ccccc1F.[Na+].[Na+]. The fourth-order valence-corrected chi connectivity index (χ4v) is 1.28. The Balaban J connectivity index is 0. The molecular formula is C6H4FNa2O3P. The van der Waals surface area contributed by atoms with Crippen molar-refractivity contribution in [2.24, 2.45) is 0 Å². The average Bonchev–Trinajstić information content (AvgIpc) is 1.86. The van der Waals surface area contributed by atoms with Crippen molar-refractivity contribution < 1.29 is 77.9 Å². The van der Waals surface area contributed by atoms with Gasteiger partial charge in [0.15, 0.2) is 0 Å². The van der Waals surface area contributed by atoms with Crippen molar-refractivity contribution in [2.45, 2.75) is 0 Å². The fourth-order valence-electron chi connectivity index (χ4n) is 0.674. The van der Waals surface area contributed by atoms with Crippen molar-refractivity contribution in [3.8, 4) is 0 Å². The van der Waals surface area contributed by atoms with Crippen molar-refractivity contribution in [1.82, 2.24) is 0 Å². The third-order valence-corrected chi connectivity index (χ3v) is 2.10. The van der Waals surface area contributed by atoms with E-state index in [1.807, 2.05) is 0 Å². The largest absolute Gasteiger partial charge is 1.00 e. The molecule has 7 heteroatoms. The van der Waals surface area contributed by atoms with E-state index in [1.54, 1.807) is 0 Å². The van der Waals surface area contributed by atoms with E-state index >= 15 is 0 Å². The second-order valence-corrected chi connectivity index (χ2v) is 3.43. The standard InChI is InChI=1S/C6H6FO3P.2Na/c7-5-3-1-2-4-6(5)11(8,9)10;;/h1-4H,(H2,8,9,10);;/q;2*+1/p-2. The Hall–Kier alpha value is 1.30. The normalized spacial score (nSPS) is 9.77. The van der Waals surface area contributed by atoms with E-state index in [9.17, 15) is 18.7 Å². The van der Waals surface area contributed by atoms with Gasteiger partial charge in [-0.1, -0.05) is 18.2 Å². The molecule has 0 radical (unpaired) electrons. The van der Waals surface area contributed by atoms with Crippen molar-refractivity contribution in [1.29, 1.82) is 0 Å². The minimum atomic E-state index is -4.93. The Kier molecular flexibility index (Phi) is 8.65. The van der Waals surface area contributed by atoms with Crippen LogP contribution in [0, 0.1) is 5.82 Å². The number of hydrogen-bond acceptors (Lipinski definition) is 3. The molecule has 3 nitrogen and oxygen atoms in total. The van der Waals surface area contributed by atoms with Crippen LogP contribution in [0.5, 0.6) is 0 Å². The molecule has 0 fully saturated rings. The van der Waals surface area contributed by atoms with Crippen LogP contribution in [0.25, 0.3) is 0 Å². The van der Waals surface area contributed by atoms with E-state index in [2.05, 4.69) is 0 Å². The Morgan fingerprint density at radius 3 is 1.92 bits per heavy atom. The van der Waals surface area contributed by atoms with Crippen LogP contribution >= 0.6 is 7.60 Å². The van der Waals surface area contributed by atoms with Crippen molar-refractivity contribution >= 4 is 12.9 Å². The van der Waals surface area contributed by atoms with Crippen molar-refractivity contribution in [3.63, 3.8) is 0 Å². The first-order chi connectivity index (χ1) is 5.02. The molecule has 0 bridgehead atoms. The summed E-state index contributed by atoms with van der Waals surface area (Å²) in [6.07, 6.45) is 0. The third-order valence-electron chi connectivity index (χ3n) is 1.15. The van der Waals surface area contributed by atoms with Crippen LogP contribution in [0.2, 0.25) is 0 Å². The number of rotatable bonds is 1. The van der Waals surface area contributed by atoms with Gasteiger partial charge in [0.05, 0.1) is 0 Å². The average molecular weight is 220 g/mol. The van der Waals surface area contributed by atoms with Gasteiger partial charge in [0.1, 0.15) is 5.82 Å². The summed E-state index contributed by atoms with van der Waals surface area (Å²) in [6.45, 7) is 0. The summed E-state index contributed by atoms with van der Waals surface area (Å²) < 4.78 is 22.8. The molecule has 0 spiro atoms. The summed E-state index contributed by atoms with van der Waals surface area (Å²) in [5.74, 6) is -0.999. The van der Waals surface area contributed by atoms with Crippen molar-refractivity contribution in [3.05, 3.63) is 30.1 Å². The van der Waals surface area contributed by atoms with Gasteiger partial charge in [-0.05, 0) is 13.7 Å². The van der Waals surface area contributed by atoms with Gasteiger partial charge in [-0.25, -0.2) is 4.39 Å². The maximum absolute atomic E-state index is 12.5. The van der Waals surface area contributed by atoms with Gasteiger partial charge in [-0.3, -0.25) is 0 Å². The smallest absolute Gasteiger partial charge is 0.807 e. The van der Waals surface area contributed by atoms with Gasteiger partial charge in [-0.15, -0.1) is 0 Å². The number of hydrogen-bond donors (Lipinski definition) is 0. The van der Waals surface area contributed by atoms with Crippen LogP contribution in [0.1, 0.15) is 0 Å². The van der Waals surface area contributed by atoms with Crippen LogP contribution in [0.4, 0.5) is 4.39 Å². The van der Waals surface area contributed by atoms with Gasteiger partial charge in [0.2, 0.25) is 0 Å². The summed E-state index contributed by atoms with van der Waals surface area (Å²) in [5.41, 5.74) is 0. The zero-order valence-corrected chi connectivity index (χ0v) is 12.3. The minimum Gasteiger partial charge on any atom is -0.807 e. The molecule has 0 aliphatic rings. The molecule has 1 aromatic carbocycles. The Morgan fingerprint density at radius 2 is 1.62 bits per heavy atom. The van der Waals surface area contributed by atoms with E-state index in [1.165, 1.54) is 12.1 Å². The zero-order chi connectivity index (χ0) is 8.48. The summed E-state index contributed by atoms with van der Waals surface area (Å²) in [4.78, 5) is 20.6. The maximum Gasteiger partial charge on any atom is 1.00 e. The monoisotopic (exact) mass is 220 g/mol. The second kappa shape index (κ2) is 6.72. The van der Waals surface area contributed by atoms with Gasteiger partial charge in [-0.2, -0.15) is 0 Å². The third kappa shape index (κ3) is 5.07. The van der Waals surface area contributed by atoms with Gasteiger partial charge < -0.3 is 14.4 Å². The molecule has 0 aromatic heterocycles. The first kappa shape index (κ1) is 16.7. The molecule has 1 rings (SSSR count). The molecule has 1 aromatic rings. The Bertz CT molecular complexity index is 315. The first-order valence-corrected chi connectivity index (χ1v) is 4.33. The molecule has 0 aliphatic heterocycles. The Labute approximate surface area is 119 Å². The molecule has 0 unspecified atom stereocenters. The molecule has 0 aliphatic carbocycles. The Morgan fingerprint density at radius 1 is 1.15 bits per heavy atom. The molecule has 13 heavy (non-hydrogen) atoms. The summed E-state index contributed by atoms with van der Waals surface area (Å²) in [5, 5.41) is -0.778. The van der Waals surface area contributed by atoms with E-state index in [-0.39, 0.29) is 59.1 Å². The molecular weight excluding hydrogens is 216 g/mol. The van der Waals surface area contributed by atoms with E-state index in [0.29, 0.717) is 0 Å². The van der Waals surface area contributed by atoms with Crippen LogP contribution < -0.4 is 74.2 Å². The number of halogens is 1. The molecule has 0 atom stereocenters. The zero-order valence-electron chi connectivity index (χ0n) is 7.36. The molecule has 0 heterocycles. The van der Waals surface area contributed by atoms with Gasteiger partial charge in [0, 0.05) is 5.30 Å². The van der Waals surface area contributed by atoms with E-state index in [0.717, 1.165) is 12.1 Å². The fraction of sp³-hybridized carbons (Fsp3) is 0. The molecule has 0 saturated heterocycles. The predicted molar refractivity (Wildman–Crippen MR) is 33.6 cm³/mol. The summed E-state index contributed by atoms with van der Waals surface area (Å²) in [6, 6.07) is 4.48. The topological polar surface area (TPSA) is 63.2 Å². The van der Waals surface area contributed by atoms with Crippen LogP contribution in [0.15, 0.2) is 24.3 Å². The molecule has 0 N–H and O–H groups in total. The van der Waals surface area contributed by atoms with Crippen LogP contribution in [-0.4, -0.2) is 0 Å². The maximum atomic E-state index is 12.5. The van der Waals surface area contributed by atoms with Crippen LogP contribution in [-0.2, 0) is 4.57 Å². The van der Waals surface area contributed by atoms with Crippen LogP contribution in [0.3, 0.4) is 0 Å². The molecule has 60 valence electrons. The van der Waals surface area contributed by atoms with Crippen molar-refractivity contribution in [2.75, 3.05) is 0 Å². The number of benzene rings is 1. The quantitative estimate of drug-likeness (QED) is 0.349. The predicted octanol–water partition coefficient (Wildman–Crippen LogP) is -6.63. The first-order valence-electron chi connectivity index (χ1n) is 2.79. The van der Waals surface area contributed by atoms with Gasteiger partial charge in [0.25, 0.3) is 0 Å². The second-order valence-electron chi connectivity index (χ2n) is 1.95. The summed E-state index contributed by atoms with van der Waals surface area (Å²) >= 11 is 0. The summed E-state index contributed by atoms with van der Waals surface area (Å²) in [7, 11) is -4.93. The molecule has 0 saturated carbocycles. The van der Waals surface area contributed by atoms with Gasteiger partial charge >= 0.3 is 59.1 Å². The van der Waals surface area contributed by atoms with E-state index < -0.39 is 18.7 Å².